The quantitative estimate of drug-likeness (QED) is 0.324. The fraction of sp³-hybridized carbons (Fsp3) is 0.600. The number of hydrogen-bond donors (Lipinski definition) is 2. The molecule has 8 heteroatoms. The van der Waals surface area contributed by atoms with Gasteiger partial charge in [-0.2, -0.15) is 5.10 Å². The zero-order chi connectivity index (χ0) is 13.5. The molecule has 1 amide bonds. The maximum atomic E-state index is 11.4. The first-order valence-electron chi connectivity index (χ1n) is 5.64. The lowest BCUT2D eigenvalue weighted by Crippen LogP contribution is -2.34. The molecule has 0 radical (unpaired) electrons. The number of nitrogens with two attached hydrogens (primary N) is 1. The Bertz CT molecular complexity index is 447. The smallest absolute Gasteiger partial charge is 0.239 e. The predicted octanol–water partition coefficient (Wildman–Crippen LogP) is 0.890. The maximum Gasteiger partial charge on any atom is 0.239 e. The summed E-state index contributed by atoms with van der Waals surface area (Å²) >= 11 is 0. The van der Waals surface area contributed by atoms with Crippen molar-refractivity contribution < 1.29 is 4.79 Å². The van der Waals surface area contributed by atoms with E-state index in [1.165, 1.54) is 0 Å². The molecule has 0 aliphatic rings. The molecule has 0 aromatic carbocycles. The second kappa shape index (κ2) is 6.63. The van der Waals surface area contributed by atoms with Crippen LogP contribution in [0.3, 0.4) is 0 Å². The van der Waals surface area contributed by atoms with Crippen LogP contribution in [0.15, 0.2) is 17.5 Å². The molecule has 0 saturated heterocycles. The lowest BCUT2D eigenvalue weighted by molar-refractivity contribution is -0.120. The molecule has 3 N–H and O–H groups in total. The summed E-state index contributed by atoms with van der Waals surface area (Å²) in [6, 6.07) is -0.401. The minimum absolute atomic E-state index is 0.218. The highest BCUT2D eigenvalue weighted by atomic mass is 16.1. The van der Waals surface area contributed by atoms with Crippen LogP contribution in [0, 0.1) is 0 Å². The minimum atomic E-state index is -0.619. The van der Waals surface area contributed by atoms with Gasteiger partial charge < -0.3 is 11.1 Å². The molecule has 0 bridgehead atoms. The first-order chi connectivity index (χ1) is 8.56. The summed E-state index contributed by atoms with van der Waals surface area (Å²) in [6.07, 6.45) is 3.39. The first-order valence-corrected chi connectivity index (χ1v) is 5.64. The molecule has 0 spiro atoms. The normalized spacial score (nSPS) is 12.2. The number of hydrogen-bond acceptors (Lipinski definition) is 4. The molecule has 0 fully saturated rings. The molecule has 1 heterocycles. The Hall–Kier alpha value is -2.05. The molecule has 98 valence electrons. The predicted molar refractivity (Wildman–Crippen MR) is 66.6 cm³/mol. The summed E-state index contributed by atoms with van der Waals surface area (Å²) in [7, 11) is 0. The summed E-state index contributed by atoms with van der Waals surface area (Å²) in [5.41, 5.74) is 14.2. The molecule has 0 aliphatic heterocycles. The van der Waals surface area contributed by atoms with E-state index in [9.17, 15) is 4.79 Å². The summed E-state index contributed by atoms with van der Waals surface area (Å²) in [5, 5.41) is 10.5. The van der Waals surface area contributed by atoms with Crippen LogP contribution in [0.5, 0.6) is 0 Å². The highest BCUT2D eigenvalue weighted by Crippen LogP contribution is 2.13. The largest absolute Gasteiger partial charge is 0.368 e. The Morgan fingerprint density at radius 1 is 1.72 bits per heavy atom. The van der Waals surface area contributed by atoms with Gasteiger partial charge in [0.05, 0.1) is 6.20 Å². The fourth-order valence-corrected chi connectivity index (χ4v) is 1.47. The van der Waals surface area contributed by atoms with Crippen molar-refractivity contribution in [3.8, 4) is 0 Å². The van der Waals surface area contributed by atoms with Crippen LogP contribution in [0.25, 0.3) is 10.4 Å². The number of nitrogens with one attached hydrogen (secondary N) is 1. The van der Waals surface area contributed by atoms with Crippen molar-refractivity contribution >= 4 is 5.91 Å². The van der Waals surface area contributed by atoms with Crippen molar-refractivity contribution in [1.82, 2.24) is 15.1 Å². The topological polar surface area (TPSA) is 122 Å². The Labute approximate surface area is 105 Å². The maximum absolute atomic E-state index is 11.4. The number of rotatable bonds is 7. The van der Waals surface area contributed by atoms with Crippen LogP contribution in [-0.2, 0) is 4.79 Å². The number of carbonyl (C=O) groups excluding carboxylic acids is 1. The summed E-state index contributed by atoms with van der Waals surface area (Å²) in [5.74, 6) is -0.487. The second-order valence-electron chi connectivity index (χ2n) is 4.09. The van der Waals surface area contributed by atoms with E-state index in [-0.39, 0.29) is 12.6 Å². The highest BCUT2D eigenvalue weighted by molar-refractivity contribution is 5.81. The third kappa shape index (κ3) is 3.76. The molecule has 1 unspecified atom stereocenters. The van der Waals surface area contributed by atoms with Gasteiger partial charge in [0.25, 0.3) is 0 Å². The van der Waals surface area contributed by atoms with Crippen molar-refractivity contribution in [2.75, 3.05) is 13.1 Å². The SMILES string of the molecule is CC(C)n1cc(C(NCCN=[N+]=[N-])C(N)=O)cn1. The van der Waals surface area contributed by atoms with E-state index in [0.717, 1.165) is 0 Å². The number of azide groups is 1. The average molecular weight is 251 g/mol. The van der Waals surface area contributed by atoms with E-state index in [0.29, 0.717) is 12.1 Å². The van der Waals surface area contributed by atoms with Gasteiger partial charge in [0.2, 0.25) is 5.91 Å². The number of aromatic nitrogens is 2. The van der Waals surface area contributed by atoms with Gasteiger partial charge in [-0.25, -0.2) is 0 Å². The fourth-order valence-electron chi connectivity index (χ4n) is 1.47. The van der Waals surface area contributed by atoms with Crippen molar-refractivity contribution in [1.29, 1.82) is 0 Å². The zero-order valence-corrected chi connectivity index (χ0v) is 10.4. The third-order valence-electron chi connectivity index (χ3n) is 2.39. The number of amides is 1. The van der Waals surface area contributed by atoms with Crippen LogP contribution in [-0.4, -0.2) is 28.8 Å². The molecular weight excluding hydrogens is 234 g/mol. The van der Waals surface area contributed by atoms with Gasteiger partial charge in [-0.05, 0) is 19.4 Å². The van der Waals surface area contributed by atoms with Gasteiger partial charge in [0, 0.05) is 35.8 Å². The Morgan fingerprint density at radius 3 is 2.94 bits per heavy atom. The standard InChI is InChI=1S/C10H17N7O/c1-7(2)17-6-8(5-15-17)9(10(11)18)13-3-4-14-16-12/h5-7,9,13H,3-4H2,1-2H3,(H2,11,18). The Balaban J connectivity index is 2.71. The van der Waals surface area contributed by atoms with Crippen LogP contribution in [0.4, 0.5) is 0 Å². The van der Waals surface area contributed by atoms with E-state index in [4.69, 9.17) is 11.3 Å². The summed E-state index contributed by atoms with van der Waals surface area (Å²) in [4.78, 5) is 14.0. The molecule has 8 nitrogen and oxygen atoms in total. The summed E-state index contributed by atoms with van der Waals surface area (Å²) in [6.45, 7) is 4.62. The molecule has 0 saturated carbocycles. The molecule has 1 rings (SSSR count). The molecule has 1 aromatic rings. The van der Waals surface area contributed by atoms with Gasteiger partial charge in [-0.15, -0.1) is 0 Å². The van der Waals surface area contributed by atoms with Crippen molar-refractivity contribution in [3.63, 3.8) is 0 Å². The third-order valence-corrected chi connectivity index (χ3v) is 2.39. The van der Waals surface area contributed by atoms with E-state index in [1.54, 1.807) is 17.1 Å². The minimum Gasteiger partial charge on any atom is -0.368 e. The van der Waals surface area contributed by atoms with Crippen LogP contribution in [0.1, 0.15) is 31.5 Å². The highest BCUT2D eigenvalue weighted by Gasteiger charge is 2.18. The molecule has 18 heavy (non-hydrogen) atoms. The lowest BCUT2D eigenvalue weighted by Gasteiger charge is -2.12. The van der Waals surface area contributed by atoms with Gasteiger partial charge in [0.1, 0.15) is 6.04 Å². The number of nitrogens with zero attached hydrogens (tertiary/aromatic N) is 5. The van der Waals surface area contributed by atoms with E-state index >= 15 is 0 Å². The van der Waals surface area contributed by atoms with Gasteiger partial charge in [0.15, 0.2) is 0 Å². The monoisotopic (exact) mass is 251 g/mol. The van der Waals surface area contributed by atoms with E-state index in [2.05, 4.69) is 20.4 Å². The van der Waals surface area contributed by atoms with E-state index in [1.807, 2.05) is 13.8 Å². The van der Waals surface area contributed by atoms with Gasteiger partial charge in [-0.3, -0.25) is 9.48 Å². The Kier molecular flexibility index (Phi) is 5.16. The zero-order valence-electron chi connectivity index (χ0n) is 10.4. The lowest BCUT2D eigenvalue weighted by atomic mass is 10.1. The number of carbonyl (C=O) groups is 1. The summed E-state index contributed by atoms with van der Waals surface area (Å²) < 4.78 is 1.75. The van der Waals surface area contributed by atoms with E-state index < -0.39 is 11.9 Å². The average Bonchev–Trinajstić information content (AvgIpc) is 2.77. The van der Waals surface area contributed by atoms with Gasteiger partial charge in [-0.1, -0.05) is 5.11 Å². The first kappa shape index (κ1) is 14.0. The van der Waals surface area contributed by atoms with Crippen LogP contribution < -0.4 is 11.1 Å². The van der Waals surface area contributed by atoms with Crippen LogP contribution >= 0.6 is 0 Å². The second-order valence-corrected chi connectivity index (χ2v) is 4.09. The van der Waals surface area contributed by atoms with Crippen LogP contribution in [0.2, 0.25) is 0 Å². The molecule has 1 aromatic heterocycles. The van der Waals surface area contributed by atoms with Crippen molar-refractivity contribution in [2.24, 2.45) is 10.8 Å². The molecule has 1 atom stereocenters. The van der Waals surface area contributed by atoms with Crippen molar-refractivity contribution in [3.05, 3.63) is 28.4 Å². The number of primary amides is 1. The molecular formula is C10H17N7O. The van der Waals surface area contributed by atoms with Crippen molar-refractivity contribution in [2.45, 2.75) is 25.9 Å². The molecule has 0 aliphatic carbocycles. The Morgan fingerprint density at radius 2 is 2.44 bits per heavy atom. The van der Waals surface area contributed by atoms with Gasteiger partial charge >= 0.3 is 0 Å².